The van der Waals surface area contributed by atoms with Gasteiger partial charge in [0.25, 0.3) is 0 Å². The van der Waals surface area contributed by atoms with Gasteiger partial charge in [0.1, 0.15) is 11.5 Å². The maximum atomic E-state index is 11.3. The molecule has 4 heteroatoms. The first-order valence-electron chi connectivity index (χ1n) is 5.21. The van der Waals surface area contributed by atoms with Gasteiger partial charge in [-0.05, 0) is 31.0 Å². The Morgan fingerprint density at radius 1 is 1.31 bits per heavy atom. The summed E-state index contributed by atoms with van der Waals surface area (Å²) in [6, 6.07) is 2.82. The summed E-state index contributed by atoms with van der Waals surface area (Å²) < 4.78 is 4.89. The number of aromatic hydroxyl groups is 2. The van der Waals surface area contributed by atoms with Crippen LogP contribution in [0.25, 0.3) is 0 Å². The predicted molar refractivity (Wildman–Crippen MR) is 59.5 cm³/mol. The zero-order chi connectivity index (χ0) is 12.1. The van der Waals surface area contributed by atoms with Crippen LogP contribution in [0.1, 0.15) is 24.5 Å². The van der Waals surface area contributed by atoms with E-state index in [-0.39, 0.29) is 17.9 Å². The summed E-state index contributed by atoms with van der Waals surface area (Å²) in [4.78, 5) is 11.3. The van der Waals surface area contributed by atoms with E-state index in [4.69, 9.17) is 4.74 Å². The lowest BCUT2D eigenvalue weighted by Gasteiger charge is -2.07. The molecule has 1 aromatic rings. The molecule has 0 saturated heterocycles. The SMILES string of the molecule is CCCOC(=O)Cc1cc(O)c(C)cc1O. The molecule has 0 radical (unpaired) electrons. The van der Waals surface area contributed by atoms with Crippen molar-refractivity contribution in [2.45, 2.75) is 26.7 Å². The molecule has 0 amide bonds. The number of hydrogen-bond donors (Lipinski definition) is 2. The van der Waals surface area contributed by atoms with E-state index in [1.165, 1.54) is 12.1 Å². The van der Waals surface area contributed by atoms with Gasteiger partial charge in [-0.25, -0.2) is 0 Å². The van der Waals surface area contributed by atoms with Crippen molar-refractivity contribution in [3.8, 4) is 11.5 Å². The van der Waals surface area contributed by atoms with Crippen molar-refractivity contribution in [2.75, 3.05) is 6.61 Å². The zero-order valence-corrected chi connectivity index (χ0v) is 9.49. The van der Waals surface area contributed by atoms with E-state index in [1.807, 2.05) is 6.92 Å². The molecule has 0 heterocycles. The van der Waals surface area contributed by atoms with E-state index in [2.05, 4.69) is 0 Å². The van der Waals surface area contributed by atoms with Gasteiger partial charge in [-0.15, -0.1) is 0 Å². The molecular weight excluding hydrogens is 208 g/mol. The Bertz CT molecular complexity index is 385. The first kappa shape index (κ1) is 12.4. The van der Waals surface area contributed by atoms with E-state index in [0.717, 1.165) is 6.42 Å². The number of hydrogen-bond acceptors (Lipinski definition) is 4. The average molecular weight is 224 g/mol. The fraction of sp³-hybridized carbons (Fsp3) is 0.417. The normalized spacial score (nSPS) is 10.1. The highest BCUT2D eigenvalue weighted by molar-refractivity contribution is 5.74. The van der Waals surface area contributed by atoms with Crippen LogP contribution in [0.15, 0.2) is 12.1 Å². The first-order chi connectivity index (χ1) is 7.54. The minimum absolute atomic E-state index is 0.00347. The molecular formula is C12H16O4. The van der Waals surface area contributed by atoms with Crippen molar-refractivity contribution in [3.05, 3.63) is 23.3 Å². The minimum Gasteiger partial charge on any atom is -0.508 e. The molecule has 88 valence electrons. The largest absolute Gasteiger partial charge is 0.508 e. The maximum Gasteiger partial charge on any atom is 0.310 e. The number of esters is 1. The third-order valence-electron chi connectivity index (χ3n) is 2.20. The number of carbonyl (C=O) groups excluding carboxylic acids is 1. The summed E-state index contributed by atoms with van der Waals surface area (Å²) in [7, 11) is 0. The summed E-state index contributed by atoms with van der Waals surface area (Å²) in [5.41, 5.74) is 0.951. The van der Waals surface area contributed by atoms with Gasteiger partial charge in [-0.3, -0.25) is 4.79 Å². The van der Waals surface area contributed by atoms with Gasteiger partial charge in [0.15, 0.2) is 0 Å². The molecule has 0 atom stereocenters. The second-order valence-electron chi connectivity index (χ2n) is 3.66. The van der Waals surface area contributed by atoms with Crippen molar-refractivity contribution in [3.63, 3.8) is 0 Å². The molecule has 0 spiro atoms. The van der Waals surface area contributed by atoms with Crippen LogP contribution in [0.4, 0.5) is 0 Å². The highest BCUT2D eigenvalue weighted by Gasteiger charge is 2.11. The van der Waals surface area contributed by atoms with Crippen LogP contribution in [0, 0.1) is 6.92 Å². The molecule has 0 unspecified atom stereocenters. The fourth-order valence-corrected chi connectivity index (χ4v) is 1.29. The van der Waals surface area contributed by atoms with E-state index in [0.29, 0.717) is 17.7 Å². The Labute approximate surface area is 94.5 Å². The van der Waals surface area contributed by atoms with E-state index in [1.54, 1.807) is 6.92 Å². The molecule has 16 heavy (non-hydrogen) atoms. The van der Waals surface area contributed by atoms with Gasteiger partial charge >= 0.3 is 5.97 Å². The second-order valence-corrected chi connectivity index (χ2v) is 3.66. The first-order valence-corrected chi connectivity index (χ1v) is 5.21. The number of phenols is 2. The monoisotopic (exact) mass is 224 g/mol. The van der Waals surface area contributed by atoms with Gasteiger partial charge in [0.05, 0.1) is 13.0 Å². The molecule has 0 bridgehead atoms. The highest BCUT2D eigenvalue weighted by Crippen LogP contribution is 2.26. The molecule has 1 aromatic carbocycles. The number of aryl methyl sites for hydroxylation is 1. The molecule has 0 saturated carbocycles. The lowest BCUT2D eigenvalue weighted by atomic mass is 10.1. The Balaban J connectivity index is 2.73. The van der Waals surface area contributed by atoms with Crippen LogP contribution < -0.4 is 0 Å². The van der Waals surface area contributed by atoms with Gasteiger partial charge in [0.2, 0.25) is 0 Å². The molecule has 0 aromatic heterocycles. The summed E-state index contributed by atoms with van der Waals surface area (Å²) in [6.45, 7) is 3.95. The number of rotatable bonds is 4. The van der Waals surface area contributed by atoms with Gasteiger partial charge in [-0.2, -0.15) is 0 Å². The van der Waals surface area contributed by atoms with Crippen LogP contribution in [-0.2, 0) is 16.0 Å². The summed E-state index contributed by atoms with van der Waals surface area (Å²) in [5.74, 6) is -0.333. The summed E-state index contributed by atoms with van der Waals surface area (Å²) >= 11 is 0. The molecule has 1 rings (SSSR count). The third kappa shape index (κ3) is 3.15. The predicted octanol–water partition coefficient (Wildman–Crippen LogP) is 1.90. The number of ether oxygens (including phenoxy) is 1. The van der Waals surface area contributed by atoms with E-state index >= 15 is 0 Å². The topological polar surface area (TPSA) is 66.8 Å². The lowest BCUT2D eigenvalue weighted by molar-refractivity contribution is -0.142. The Hall–Kier alpha value is -1.71. The van der Waals surface area contributed by atoms with E-state index < -0.39 is 5.97 Å². The zero-order valence-electron chi connectivity index (χ0n) is 9.49. The van der Waals surface area contributed by atoms with Crippen LogP contribution in [-0.4, -0.2) is 22.8 Å². The molecule has 4 nitrogen and oxygen atoms in total. The third-order valence-corrected chi connectivity index (χ3v) is 2.20. The smallest absolute Gasteiger partial charge is 0.310 e. The molecule has 2 N–H and O–H groups in total. The van der Waals surface area contributed by atoms with Crippen molar-refractivity contribution in [1.29, 1.82) is 0 Å². The number of carbonyl (C=O) groups is 1. The van der Waals surface area contributed by atoms with Crippen LogP contribution in [0.5, 0.6) is 11.5 Å². The Kier molecular flexibility index (Phi) is 4.17. The minimum atomic E-state index is -0.402. The Morgan fingerprint density at radius 3 is 2.62 bits per heavy atom. The van der Waals surface area contributed by atoms with Crippen LogP contribution >= 0.6 is 0 Å². The number of benzene rings is 1. The standard InChI is InChI=1S/C12H16O4/c1-3-4-16-12(15)7-9-6-10(13)8(2)5-11(9)14/h5-6,13-14H,3-4,7H2,1-2H3. The van der Waals surface area contributed by atoms with Crippen LogP contribution in [0.2, 0.25) is 0 Å². The van der Waals surface area contributed by atoms with Crippen molar-refractivity contribution in [1.82, 2.24) is 0 Å². The highest BCUT2D eigenvalue weighted by atomic mass is 16.5. The summed E-state index contributed by atoms with van der Waals surface area (Å²) in [6.07, 6.45) is 0.733. The van der Waals surface area contributed by atoms with Crippen molar-refractivity contribution < 1.29 is 19.7 Å². The molecule has 0 aliphatic heterocycles. The van der Waals surface area contributed by atoms with Crippen LogP contribution in [0.3, 0.4) is 0 Å². The van der Waals surface area contributed by atoms with Gasteiger partial charge in [-0.1, -0.05) is 6.92 Å². The van der Waals surface area contributed by atoms with Gasteiger partial charge < -0.3 is 14.9 Å². The fourth-order valence-electron chi connectivity index (χ4n) is 1.29. The lowest BCUT2D eigenvalue weighted by Crippen LogP contribution is -2.08. The number of phenolic OH excluding ortho intramolecular Hbond substituents is 2. The molecule has 0 aliphatic carbocycles. The van der Waals surface area contributed by atoms with Crippen molar-refractivity contribution >= 4 is 5.97 Å². The van der Waals surface area contributed by atoms with E-state index in [9.17, 15) is 15.0 Å². The molecule has 0 fully saturated rings. The van der Waals surface area contributed by atoms with Crippen molar-refractivity contribution in [2.24, 2.45) is 0 Å². The molecule has 0 aliphatic rings. The quantitative estimate of drug-likeness (QED) is 0.605. The average Bonchev–Trinajstić information content (AvgIpc) is 2.23. The second kappa shape index (κ2) is 5.39. The van der Waals surface area contributed by atoms with Gasteiger partial charge in [0, 0.05) is 5.56 Å². The Morgan fingerprint density at radius 2 is 2.00 bits per heavy atom. The maximum absolute atomic E-state index is 11.3. The summed E-state index contributed by atoms with van der Waals surface area (Å²) in [5, 5.41) is 19.0.